The van der Waals surface area contributed by atoms with E-state index >= 15 is 0 Å². The lowest BCUT2D eigenvalue weighted by Gasteiger charge is -2.08. The number of aromatic hydroxyl groups is 1. The fourth-order valence-electron chi connectivity index (χ4n) is 1.69. The fourth-order valence-corrected chi connectivity index (χ4v) is 2.18. The zero-order valence-corrected chi connectivity index (χ0v) is 12.6. The molecule has 6 nitrogen and oxygen atoms in total. The van der Waals surface area contributed by atoms with Crippen molar-refractivity contribution in [3.8, 4) is 5.75 Å². The summed E-state index contributed by atoms with van der Waals surface area (Å²) in [6.45, 7) is 0.147. The van der Waals surface area contributed by atoms with Crippen molar-refractivity contribution in [2.24, 2.45) is 5.73 Å². The van der Waals surface area contributed by atoms with Gasteiger partial charge in [0.05, 0.1) is 10.6 Å². The lowest BCUT2D eigenvalue weighted by atomic mass is 10.1. The molecule has 4 N–H and O–H groups in total. The maximum Gasteiger partial charge on any atom is 0.267 e. The SMILES string of the molecule is NC(=O)c1ccc(CNC(=O)c2cc(Cl)cc(Cl)c2O)cn1. The molecule has 1 aromatic heterocycles. The fraction of sp³-hybridized carbons (Fsp3) is 0.0714. The number of pyridine rings is 1. The predicted octanol–water partition coefficient (Wildman–Crippen LogP) is 2.12. The number of hydrogen-bond donors (Lipinski definition) is 3. The van der Waals surface area contributed by atoms with Gasteiger partial charge in [0.2, 0.25) is 0 Å². The Hall–Kier alpha value is -2.31. The van der Waals surface area contributed by atoms with Gasteiger partial charge in [-0.3, -0.25) is 14.6 Å². The van der Waals surface area contributed by atoms with E-state index in [0.717, 1.165) is 0 Å². The molecule has 0 fully saturated rings. The highest BCUT2D eigenvalue weighted by molar-refractivity contribution is 6.36. The van der Waals surface area contributed by atoms with Gasteiger partial charge in [-0.2, -0.15) is 0 Å². The predicted molar refractivity (Wildman–Crippen MR) is 82.1 cm³/mol. The van der Waals surface area contributed by atoms with Crippen molar-refractivity contribution in [2.45, 2.75) is 6.54 Å². The third-order valence-corrected chi connectivity index (χ3v) is 3.31. The molecule has 2 amide bonds. The molecular weight excluding hydrogens is 329 g/mol. The monoisotopic (exact) mass is 339 g/mol. The number of rotatable bonds is 4. The third-order valence-electron chi connectivity index (χ3n) is 2.80. The van der Waals surface area contributed by atoms with Crippen LogP contribution in [0.25, 0.3) is 0 Å². The number of primary amides is 1. The number of carbonyl (C=O) groups excluding carboxylic acids is 2. The molecule has 2 rings (SSSR count). The highest BCUT2D eigenvalue weighted by Crippen LogP contribution is 2.31. The van der Waals surface area contributed by atoms with Crippen LogP contribution in [-0.2, 0) is 6.54 Å². The Balaban J connectivity index is 2.08. The molecule has 0 aliphatic rings. The van der Waals surface area contributed by atoms with Crippen molar-refractivity contribution in [3.05, 3.63) is 57.3 Å². The number of nitrogens with one attached hydrogen (secondary N) is 1. The van der Waals surface area contributed by atoms with Gasteiger partial charge in [0.25, 0.3) is 11.8 Å². The Morgan fingerprint density at radius 1 is 1.27 bits per heavy atom. The average molecular weight is 340 g/mol. The lowest BCUT2D eigenvalue weighted by molar-refractivity contribution is 0.0946. The van der Waals surface area contributed by atoms with Crippen molar-refractivity contribution in [2.75, 3.05) is 0 Å². The van der Waals surface area contributed by atoms with Crippen molar-refractivity contribution < 1.29 is 14.7 Å². The second-order valence-electron chi connectivity index (χ2n) is 4.38. The van der Waals surface area contributed by atoms with Crippen LogP contribution in [-0.4, -0.2) is 21.9 Å². The van der Waals surface area contributed by atoms with Gasteiger partial charge in [0.15, 0.2) is 0 Å². The number of phenolic OH excluding ortho intramolecular Hbond substituents is 1. The van der Waals surface area contributed by atoms with E-state index in [-0.39, 0.29) is 33.6 Å². The number of hydrogen-bond acceptors (Lipinski definition) is 4. The van der Waals surface area contributed by atoms with Crippen molar-refractivity contribution in [3.63, 3.8) is 0 Å². The van der Waals surface area contributed by atoms with E-state index in [9.17, 15) is 14.7 Å². The van der Waals surface area contributed by atoms with E-state index in [1.165, 1.54) is 24.4 Å². The molecule has 2 aromatic rings. The molecule has 1 aromatic carbocycles. The molecule has 0 unspecified atom stereocenters. The number of benzene rings is 1. The molecule has 0 spiro atoms. The topological polar surface area (TPSA) is 105 Å². The summed E-state index contributed by atoms with van der Waals surface area (Å²) in [5.41, 5.74) is 5.85. The first kappa shape index (κ1) is 16.1. The van der Waals surface area contributed by atoms with Crippen LogP contribution in [0, 0.1) is 0 Å². The number of amides is 2. The lowest BCUT2D eigenvalue weighted by Crippen LogP contribution is -2.23. The molecule has 0 bridgehead atoms. The normalized spacial score (nSPS) is 10.3. The van der Waals surface area contributed by atoms with E-state index in [1.54, 1.807) is 6.07 Å². The van der Waals surface area contributed by atoms with Crippen LogP contribution < -0.4 is 11.1 Å². The summed E-state index contributed by atoms with van der Waals surface area (Å²) in [7, 11) is 0. The first-order chi connectivity index (χ1) is 10.4. The van der Waals surface area contributed by atoms with E-state index in [1.807, 2.05) is 0 Å². The van der Waals surface area contributed by atoms with Crippen LogP contribution in [0.3, 0.4) is 0 Å². The molecule has 0 aliphatic heterocycles. The van der Waals surface area contributed by atoms with E-state index in [0.29, 0.717) is 5.56 Å². The molecule has 0 radical (unpaired) electrons. The van der Waals surface area contributed by atoms with Crippen LogP contribution in [0.5, 0.6) is 5.75 Å². The van der Waals surface area contributed by atoms with Crippen LogP contribution in [0.15, 0.2) is 30.5 Å². The van der Waals surface area contributed by atoms with Crippen molar-refractivity contribution in [1.82, 2.24) is 10.3 Å². The largest absolute Gasteiger partial charge is 0.506 e. The van der Waals surface area contributed by atoms with E-state index in [2.05, 4.69) is 10.3 Å². The summed E-state index contributed by atoms with van der Waals surface area (Å²) >= 11 is 11.6. The second-order valence-corrected chi connectivity index (χ2v) is 5.23. The minimum Gasteiger partial charge on any atom is -0.506 e. The van der Waals surface area contributed by atoms with Gasteiger partial charge in [-0.05, 0) is 23.8 Å². The highest BCUT2D eigenvalue weighted by atomic mass is 35.5. The van der Waals surface area contributed by atoms with Gasteiger partial charge in [0.1, 0.15) is 11.4 Å². The van der Waals surface area contributed by atoms with Crippen LogP contribution in [0.1, 0.15) is 26.4 Å². The highest BCUT2D eigenvalue weighted by Gasteiger charge is 2.15. The van der Waals surface area contributed by atoms with Gasteiger partial charge in [-0.25, -0.2) is 0 Å². The third kappa shape index (κ3) is 3.66. The number of phenols is 1. The summed E-state index contributed by atoms with van der Waals surface area (Å²) in [6, 6.07) is 5.71. The van der Waals surface area contributed by atoms with Crippen LogP contribution in [0.4, 0.5) is 0 Å². The Labute approximate surface area is 135 Å². The number of carbonyl (C=O) groups is 2. The standard InChI is InChI=1S/C14H11Cl2N3O3/c15-8-3-9(12(20)10(16)4-8)14(22)19-6-7-1-2-11(13(17)21)18-5-7/h1-5,20H,6H2,(H2,17,21)(H,19,22). The van der Waals surface area contributed by atoms with E-state index in [4.69, 9.17) is 28.9 Å². The molecule has 8 heteroatoms. The van der Waals surface area contributed by atoms with Crippen molar-refractivity contribution >= 4 is 35.0 Å². The first-order valence-corrected chi connectivity index (χ1v) is 6.85. The molecule has 114 valence electrons. The molecule has 0 atom stereocenters. The molecule has 0 aliphatic carbocycles. The number of nitrogens with zero attached hydrogens (tertiary/aromatic N) is 1. The Morgan fingerprint density at radius 3 is 2.59 bits per heavy atom. The summed E-state index contributed by atoms with van der Waals surface area (Å²) in [5.74, 6) is -1.51. The summed E-state index contributed by atoms with van der Waals surface area (Å²) < 4.78 is 0. The van der Waals surface area contributed by atoms with Crippen LogP contribution >= 0.6 is 23.2 Å². The van der Waals surface area contributed by atoms with Gasteiger partial charge in [0, 0.05) is 17.8 Å². The first-order valence-electron chi connectivity index (χ1n) is 6.09. The van der Waals surface area contributed by atoms with Gasteiger partial charge in [-0.15, -0.1) is 0 Å². The molecular formula is C14H11Cl2N3O3. The number of halogens is 2. The van der Waals surface area contributed by atoms with Crippen LogP contribution in [0.2, 0.25) is 10.0 Å². The summed E-state index contributed by atoms with van der Waals surface area (Å²) in [4.78, 5) is 26.8. The Bertz CT molecular complexity index is 733. The Morgan fingerprint density at radius 2 is 2.00 bits per heavy atom. The molecule has 22 heavy (non-hydrogen) atoms. The molecule has 0 saturated heterocycles. The number of nitrogens with two attached hydrogens (primary N) is 1. The summed E-state index contributed by atoms with van der Waals surface area (Å²) in [6.07, 6.45) is 1.42. The van der Waals surface area contributed by atoms with E-state index < -0.39 is 11.8 Å². The smallest absolute Gasteiger partial charge is 0.267 e. The van der Waals surface area contributed by atoms with Gasteiger partial charge in [-0.1, -0.05) is 29.3 Å². The maximum atomic E-state index is 12.0. The second kappa shape index (κ2) is 6.64. The zero-order valence-electron chi connectivity index (χ0n) is 11.1. The van der Waals surface area contributed by atoms with Crippen molar-refractivity contribution in [1.29, 1.82) is 0 Å². The zero-order chi connectivity index (χ0) is 16.3. The minimum absolute atomic E-state index is 0.00914. The van der Waals surface area contributed by atoms with Gasteiger partial charge >= 0.3 is 0 Å². The molecule has 0 saturated carbocycles. The molecule has 1 heterocycles. The quantitative estimate of drug-likeness (QED) is 0.793. The number of aromatic nitrogens is 1. The van der Waals surface area contributed by atoms with Gasteiger partial charge < -0.3 is 16.2 Å². The summed E-state index contributed by atoms with van der Waals surface area (Å²) in [5, 5.41) is 12.6. The minimum atomic E-state index is -0.630. The Kier molecular flexibility index (Phi) is 4.85. The maximum absolute atomic E-state index is 12.0. The average Bonchev–Trinajstić information content (AvgIpc) is 2.48.